The molecule has 0 aromatic carbocycles. The van der Waals surface area contributed by atoms with Gasteiger partial charge in [0.05, 0.1) is 23.2 Å². The molecule has 1 aliphatic carbocycles. The molecule has 17 heavy (non-hydrogen) atoms. The zero-order valence-electron chi connectivity index (χ0n) is 11.3. The summed E-state index contributed by atoms with van der Waals surface area (Å²) >= 11 is 0. The van der Waals surface area contributed by atoms with Gasteiger partial charge in [0.1, 0.15) is 0 Å². The number of ether oxygens (including phenoxy) is 1. The van der Waals surface area contributed by atoms with Crippen LogP contribution in [0, 0.1) is 16.7 Å². The number of methoxy groups -OCH3 is 1. The molecule has 0 aliphatic heterocycles. The van der Waals surface area contributed by atoms with Crippen molar-refractivity contribution < 1.29 is 9.84 Å². The Labute approximate surface area is 105 Å². The summed E-state index contributed by atoms with van der Waals surface area (Å²) in [6.45, 7) is 3.91. The Hall–Kier alpha value is -0.590. The van der Waals surface area contributed by atoms with Crippen LogP contribution in [0.25, 0.3) is 0 Å². The van der Waals surface area contributed by atoms with Crippen LogP contribution in [0.1, 0.15) is 58.8 Å². The number of rotatable bonds is 4. The topological polar surface area (TPSA) is 53.2 Å². The molecule has 3 heteroatoms. The minimum absolute atomic E-state index is 0.366. The van der Waals surface area contributed by atoms with E-state index in [1.807, 2.05) is 13.8 Å². The highest BCUT2D eigenvalue weighted by Crippen LogP contribution is 2.40. The zero-order valence-corrected chi connectivity index (χ0v) is 11.3. The number of aliphatic hydroxyl groups is 1. The first-order valence-electron chi connectivity index (χ1n) is 6.60. The first-order valence-corrected chi connectivity index (χ1v) is 6.60. The summed E-state index contributed by atoms with van der Waals surface area (Å²) in [6.07, 6.45) is 6.07. The molecule has 1 rings (SSSR count). The highest BCUT2D eigenvalue weighted by molar-refractivity contribution is 5.05. The van der Waals surface area contributed by atoms with Gasteiger partial charge in [0, 0.05) is 13.5 Å². The van der Waals surface area contributed by atoms with Crippen LogP contribution < -0.4 is 0 Å². The van der Waals surface area contributed by atoms with Gasteiger partial charge < -0.3 is 9.84 Å². The zero-order chi connectivity index (χ0) is 12.9. The minimum atomic E-state index is -0.583. The first-order chi connectivity index (χ1) is 7.96. The molecule has 0 saturated heterocycles. The van der Waals surface area contributed by atoms with Gasteiger partial charge in [0.2, 0.25) is 0 Å². The maximum absolute atomic E-state index is 10.4. The summed E-state index contributed by atoms with van der Waals surface area (Å²) < 4.78 is 5.35. The SMILES string of the molecule is COC(C)(C)CC(O)C1(C#N)CCCCCC1. The summed E-state index contributed by atoms with van der Waals surface area (Å²) in [7, 11) is 1.65. The van der Waals surface area contributed by atoms with Gasteiger partial charge in [-0.05, 0) is 26.7 Å². The lowest BCUT2D eigenvalue weighted by Crippen LogP contribution is -2.40. The molecule has 0 radical (unpaired) electrons. The molecule has 1 unspecified atom stereocenters. The van der Waals surface area contributed by atoms with Crippen molar-refractivity contribution in [1.29, 1.82) is 5.26 Å². The molecule has 1 N–H and O–H groups in total. The van der Waals surface area contributed by atoms with Crippen LogP contribution in [0.4, 0.5) is 0 Å². The van der Waals surface area contributed by atoms with Gasteiger partial charge in [0.15, 0.2) is 0 Å². The molecule has 1 aliphatic rings. The lowest BCUT2D eigenvalue weighted by molar-refractivity contribution is -0.0510. The highest BCUT2D eigenvalue weighted by Gasteiger charge is 2.40. The van der Waals surface area contributed by atoms with E-state index in [-0.39, 0.29) is 5.60 Å². The molecule has 0 spiro atoms. The quantitative estimate of drug-likeness (QED) is 0.767. The van der Waals surface area contributed by atoms with E-state index in [1.165, 1.54) is 12.8 Å². The molecule has 1 saturated carbocycles. The Kier molecular flexibility index (Phi) is 4.97. The van der Waals surface area contributed by atoms with Crippen LogP contribution in [0.15, 0.2) is 0 Å². The van der Waals surface area contributed by atoms with E-state index in [0.717, 1.165) is 25.7 Å². The standard InChI is InChI=1S/C14H25NO2/c1-13(2,17-3)10-12(16)14(11-15)8-6-4-5-7-9-14/h12,16H,4-10H2,1-3H3. The Balaban J connectivity index is 2.75. The average molecular weight is 239 g/mol. The Morgan fingerprint density at radius 2 is 1.82 bits per heavy atom. The van der Waals surface area contributed by atoms with Crippen molar-refractivity contribution in [2.75, 3.05) is 7.11 Å². The van der Waals surface area contributed by atoms with Gasteiger partial charge >= 0.3 is 0 Å². The summed E-state index contributed by atoms with van der Waals surface area (Å²) in [5.74, 6) is 0. The van der Waals surface area contributed by atoms with E-state index >= 15 is 0 Å². The molecule has 0 bridgehead atoms. The van der Waals surface area contributed by atoms with E-state index in [2.05, 4.69) is 6.07 Å². The third kappa shape index (κ3) is 3.69. The largest absolute Gasteiger partial charge is 0.391 e. The van der Waals surface area contributed by atoms with Crippen LogP contribution in [-0.4, -0.2) is 23.9 Å². The third-order valence-corrected chi connectivity index (χ3v) is 4.09. The van der Waals surface area contributed by atoms with Crippen molar-refractivity contribution in [2.24, 2.45) is 5.41 Å². The predicted molar refractivity (Wildman–Crippen MR) is 67.5 cm³/mol. The summed E-state index contributed by atoms with van der Waals surface area (Å²) in [5, 5.41) is 19.9. The van der Waals surface area contributed by atoms with Gasteiger partial charge in [-0.15, -0.1) is 0 Å². The van der Waals surface area contributed by atoms with E-state index < -0.39 is 11.5 Å². The molecule has 0 amide bonds. The van der Waals surface area contributed by atoms with E-state index in [4.69, 9.17) is 4.74 Å². The van der Waals surface area contributed by atoms with E-state index in [1.54, 1.807) is 7.11 Å². The normalized spacial score (nSPS) is 22.5. The fourth-order valence-electron chi connectivity index (χ4n) is 2.62. The molecule has 0 aromatic rings. The predicted octanol–water partition coefficient (Wildman–Crippen LogP) is 3.03. The fourth-order valence-corrected chi connectivity index (χ4v) is 2.62. The van der Waals surface area contributed by atoms with Crippen LogP contribution in [0.5, 0.6) is 0 Å². The van der Waals surface area contributed by atoms with Crippen LogP contribution in [-0.2, 0) is 4.74 Å². The van der Waals surface area contributed by atoms with E-state index in [0.29, 0.717) is 6.42 Å². The highest BCUT2D eigenvalue weighted by atomic mass is 16.5. The van der Waals surface area contributed by atoms with Crippen LogP contribution >= 0.6 is 0 Å². The van der Waals surface area contributed by atoms with Crippen LogP contribution in [0.2, 0.25) is 0 Å². The molecule has 0 heterocycles. The Bertz CT molecular complexity index is 272. The lowest BCUT2D eigenvalue weighted by Gasteiger charge is -2.35. The Morgan fingerprint density at radius 3 is 2.24 bits per heavy atom. The summed E-state index contributed by atoms with van der Waals surface area (Å²) in [5.41, 5.74) is -0.915. The van der Waals surface area contributed by atoms with E-state index in [9.17, 15) is 10.4 Å². The Morgan fingerprint density at radius 1 is 1.29 bits per heavy atom. The van der Waals surface area contributed by atoms with Gasteiger partial charge in [-0.2, -0.15) is 5.26 Å². The van der Waals surface area contributed by atoms with Gasteiger partial charge in [0.25, 0.3) is 0 Å². The maximum atomic E-state index is 10.4. The van der Waals surface area contributed by atoms with Crippen molar-refractivity contribution >= 4 is 0 Å². The van der Waals surface area contributed by atoms with Gasteiger partial charge in [-0.3, -0.25) is 0 Å². The molecule has 3 nitrogen and oxygen atoms in total. The summed E-state index contributed by atoms with van der Waals surface area (Å²) in [4.78, 5) is 0. The van der Waals surface area contributed by atoms with Crippen molar-refractivity contribution in [1.82, 2.24) is 0 Å². The van der Waals surface area contributed by atoms with Crippen LogP contribution in [0.3, 0.4) is 0 Å². The second-order valence-electron chi connectivity index (χ2n) is 5.87. The smallest absolute Gasteiger partial charge is 0.0833 e. The monoisotopic (exact) mass is 239 g/mol. The molecule has 0 aromatic heterocycles. The van der Waals surface area contributed by atoms with Crippen molar-refractivity contribution in [3.05, 3.63) is 0 Å². The lowest BCUT2D eigenvalue weighted by atomic mass is 9.73. The number of hydrogen-bond donors (Lipinski definition) is 1. The number of nitriles is 1. The summed E-state index contributed by atoms with van der Waals surface area (Å²) in [6, 6.07) is 2.40. The number of aliphatic hydroxyl groups excluding tert-OH is 1. The van der Waals surface area contributed by atoms with Gasteiger partial charge in [-0.25, -0.2) is 0 Å². The third-order valence-electron chi connectivity index (χ3n) is 4.09. The second kappa shape index (κ2) is 5.84. The molecule has 1 atom stereocenters. The minimum Gasteiger partial charge on any atom is -0.391 e. The molecular weight excluding hydrogens is 214 g/mol. The van der Waals surface area contributed by atoms with Crippen molar-refractivity contribution in [2.45, 2.75) is 70.5 Å². The molecule has 98 valence electrons. The van der Waals surface area contributed by atoms with Gasteiger partial charge in [-0.1, -0.05) is 25.7 Å². The number of nitrogens with zero attached hydrogens (tertiary/aromatic N) is 1. The molecular formula is C14H25NO2. The van der Waals surface area contributed by atoms with Crippen molar-refractivity contribution in [3.63, 3.8) is 0 Å². The fraction of sp³-hybridized carbons (Fsp3) is 0.929. The van der Waals surface area contributed by atoms with Crippen molar-refractivity contribution in [3.8, 4) is 6.07 Å². The second-order valence-corrected chi connectivity index (χ2v) is 5.87. The maximum Gasteiger partial charge on any atom is 0.0833 e. The molecule has 1 fully saturated rings. The first kappa shape index (κ1) is 14.5. The average Bonchev–Trinajstić information content (AvgIpc) is 2.54. The number of hydrogen-bond acceptors (Lipinski definition) is 3.